The fourth-order valence-electron chi connectivity index (χ4n) is 2.68. The smallest absolute Gasteiger partial charge is 0.225 e. The van der Waals surface area contributed by atoms with E-state index in [9.17, 15) is 9.90 Å². The largest absolute Gasteiger partial charge is 0.388 e. The summed E-state index contributed by atoms with van der Waals surface area (Å²) in [6.07, 6.45) is 5.14. The first kappa shape index (κ1) is 14.5. The predicted octanol–water partition coefficient (Wildman–Crippen LogP) is 2.57. The number of amides is 1. The molecule has 3 heteroatoms. The Labute approximate surface area is 105 Å². The number of nitrogens with zero attached hydrogens (tertiary/aromatic N) is 1. The van der Waals surface area contributed by atoms with Crippen LogP contribution < -0.4 is 0 Å². The molecule has 2 atom stereocenters. The van der Waals surface area contributed by atoms with Crippen molar-refractivity contribution >= 4 is 5.91 Å². The summed E-state index contributed by atoms with van der Waals surface area (Å²) in [7, 11) is 0. The Balaban J connectivity index is 2.61. The van der Waals surface area contributed by atoms with Gasteiger partial charge >= 0.3 is 0 Å². The Kier molecular flexibility index (Phi) is 4.99. The van der Waals surface area contributed by atoms with Gasteiger partial charge in [0.15, 0.2) is 0 Å². The van der Waals surface area contributed by atoms with Crippen molar-refractivity contribution in [3.63, 3.8) is 0 Å². The maximum atomic E-state index is 12.3. The molecule has 1 saturated heterocycles. The molecular weight excluding hydrogens is 214 g/mol. The van der Waals surface area contributed by atoms with Crippen molar-refractivity contribution < 1.29 is 9.90 Å². The van der Waals surface area contributed by atoms with Crippen LogP contribution in [0.1, 0.15) is 59.8 Å². The zero-order valence-corrected chi connectivity index (χ0v) is 11.7. The van der Waals surface area contributed by atoms with E-state index in [-0.39, 0.29) is 17.9 Å². The first-order valence-electron chi connectivity index (χ1n) is 6.90. The molecule has 0 bridgehead atoms. The summed E-state index contributed by atoms with van der Waals surface area (Å²) in [6, 6.07) is -0.000855. The van der Waals surface area contributed by atoms with Crippen LogP contribution in [-0.2, 0) is 4.79 Å². The fraction of sp³-hybridized carbons (Fsp3) is 0.929. The van der Waals surface area contributed by atoms with Crippen LogP contribution in [0.25, 0.3) is 0 Å². The van der Waals surface area contributed by atoms with Crippen LogP contribution in [0.4, 0.5) is 0 Å². The van der Waals surface area contributed by atoms with Gasteiger partial charge in [-0.1, -0.05) is 26.7 Å². The summed E-state index contributed by atoms with van der Waals surface area (Å²) in [4.78, 5) is 14.2. The summed E-state index contributed by atoms with van der Waals surface area (Å²) in [5, 5.41) is 10.1. The highest BCUT2D eigenvalue weighted by atomic mass is 16.3. The predicted molar refractivity (Wildman–Crippen MR) is 69.7 cm³/mol. The molecule has 1 aliphatic heterocycles. The summed E-state index contributed by atoms with van der Waals surface area (Å²) in [5.41, 5.74) is -0.781. The van der Waals surface area contributed by atoms with Crippen LogP contribution >= 0.6 is 0 Å². The highest BCUT2D eigenvalue weighted by Crippen LogP contribution is 2.28. The minimum atomic E-state index is -0.781. The van der Waals surface area contributed by atoms with Crippen LogP contribution in [0.2, 0.25) is 0 Å². The average Bonchev–Trinajstić information content (AvgIpc) is 2.73. The Bertz CT molecular complexity index is 257. The third kappa shape index (κ3) is 3.70. The molecule has 0 aromatic rings. The van der Waals surface area contributed by atoms with Crippen LogP contribution in [0, 0.1) is 5.92 Å². The summed E-state index contributed by atoms with van der Waals surface area (Å²) in [6.45, 7) is 8.58. The topological polar surface area (TPSA) is 40.5 Å². The van der Waals surface area contributed by atoms with E-state index in [1.165, 1.54) is 0 Å². The standard InChI is InChI=1S/C14H27NO2/c1-5-6-8-11(2)13(16)15-10-7-9-12(15)14(3,4)17/h11-12,17H,5-10H2,1-4H3/t11-,12+/m1/s1. The Morgan fingerprint density at radius 3 is 2.71 bits per heavy atom. The van der Waals surface area contributed by atoms with E-state index in [2.05, 4.69) is 6.92 Å². The minimum Gasteiger partial charge on any atom is -0.388 e. The summed E-state index contributed by atoms with van der Waals surface area (Å²) in [5.74, 6) is 0.320. The summed E-state index contributed by atoms with van der Waals surface area (Å²) < 4.78 is 0. The maximum absolute atomic E-state index is 12.3. The molecule has 0 saturated carbocycles. The zero-order valence-electron chi connectivity index (χ0n) is 11.7. The number of rotatable bonds is 5. The van der Waals surface area contributed by atoms with Gasteiger partial charge in [-0.05, 0) is 33.1 Å². The molecule has 1 amide bonds. The van der Waals surface area contributed by atoms with Gasteiger partial charge < -0.3 is 10.0 Å². The minimum absolute atomic E-state index is 0.000855. The van der Waals surface area contributed by atoms with Gasteiger partial charge in [-0.2, -0.15) is 0 Å². The van der Waals surface area contributed by atoms with Crippen molar-refractivity contribution in [1.29, 1.82) is 0 Å². The number of likely N-dealkylation sites (tertiary alicyclic amines) is 1. The lowest BCUT2D eigenvalue weighted by atomic mass is 9.95. The third-order valence-electron chi connectivity index (χ3n) is 3.76. The molecular formula is C14H27NO2. The Morgan fingerprint density at radius 1 is 1.53 bits per heavy atom. The second-order valence-electron chi connectivity index (χ2n) is 5.89. The van der Waals surface area contributed by atoms with E-state index in [0.717, 1.165) is 38.6 Å². The Hall–Kier alpha value is -0.570. The lowest BCUT2D eigenvalue weighted by Crippen LogP contribution is -2.49. The normalized spacial score (nSPS) is 22.9. The fourth-order valence-corrected chi connectivity index (χ4v) is 2.68. The molecule has 0 unspecified atom stereocenters. The van der Waals surface area contributed by atoms with Gasteiger partial charge in [-0.15, -0.1) is 0 Å². The van der Waals surface area contributed by atoms with Crippen molar-refractivity contribution in [3.8, 4) is 0 Å². The van der Waals surface area contributed by atoms with Crippen molar-refractivity contribution in [2.24, 2.45) is 5.92 Å². The molecule has 0 aliphatic carbocycles. The van der Waals surface area contributed by atoms with E-state index in [1.54, 1.807) is 13.8 Å². The summed E-state index contributed by atoms with van der Waals surface area (Å²) >= 11 is 0. The molecule has 0 aromatic heterocycles. The van der Waals surface area contributed by atoms with E-state index in [0.29, 0.717) is 0 Å². The molecule has 3 nitrogen and oxygen atoms in total. The van der Waals surface area contributed by atoms with Crippen LogP contribution in [-0.4, -0.2) is 34.1 Å². The number of aliphatic hydroxyl groups is 1. The molecule has 17 heavy (non-hydrogen) atoms. The van der Waals surface area contributed by atoms with Crippen LogP contribution in [0.15, 0.2) is 0 Å². The van der Waals surface area contributed by atoms with E-state index in [1.807, 2.05) is 11.8 Å². The first-order chi connectivity index (χ1) is 7.88. The molecule has 1 fully saturated rings. The molecule has 0 radical (unpaired) electrons. The van der Waals surface area contributed by atoms with Crippen molar-refractivity contribution in [1.82, 2.24) is 4.90 Å². The maximum Gasteiger partial charge on any atom is 0.225 e. The van der Waals surface area contributed by atoms with E-state index < -0.39 is 5.60 Å². The van der Waals surface area contributed by atoms with Gasteiger partial charge in [0.1, 0.15) is 0 Å². The number of carbonyl (C=O) groups excluding carboxylic acids is 1. The average molecular weight is 241 g/mol. The second kappa shape index (κ2) is 5.85. The SMILES string of the molecule is CCCC[C@@H](C)C(=O)N1CCC[C@H]1C(C)(C)O. The molecule has 1 heterocycles. The second-order valence-corrected chi connectivity index (χ2v) is 5.89. The zero-order chi connectivity index (χ0) is 13.1. The van der Waals surface area contributed by atoms with Gasteiger partial charge in [0.2, 0.25) is 5.91 Å². The Morgan fingerprint density at radius 2 is 2.18 bits per heavy atom. The van der Waals surface area contributed by atoms with E-state index >= 15 is 0 Å². The van der Waals surface area contributed by atoms with Crippen molar-refractivity contribution in [2.75, 3.05) is 6.54 Å². The lowest BCUT2D eigenvalue weighted by molar-refractivity contribution is -0.140. The quantitative estimate of drug-likeness (QED) is 0.803. The van der Waals surface area contributed by atoms with Gasteiger partial charge in [0.05, 0.1) is 11.6 Å². The molecule has 100 valence electrons. The van der Waals surface area contributed by atoms with Gasteiger partial charge in [0.25, 0.3) is 0 Å². The molecule has 1 rings (SSSR count). The molecule has 1 aliphatic rings. The highest BCUT2D eigenvalue weighted by Gasteiger charge is 2.39. The van der Waals surface area contributed by atoms with Crippen LogP contribution in [0.3, 0.4) is 0 Å². The molecule has 0 aromatic carbocycles. The first-order valence-corrected chi connectivity index (χ1v) is 6.90. The molecule has 0 spiro atoms. The number of unbranched alkanes of at least 4 members (excludes halogenated alkanes) is 1. The third-order valence-corrected chi connectivity index (χ3v) is 3.76. The monoisotopic (exact) mass is 241 g/mol. The number of hydrogen-bond donors (Lipinski definition) is 1. The number of carbonyl (C=O) groups is 1. The van der Waals surface area contributed by atoms with Gasteiger partial charge in [0, 0.05) is 12.5 Å². The van der Waals surface area contributed by atoms with E-state index in [4.69, 9.17) is 0 Å². The van der Waals surface area contributed by atoms with Gasteiger partial charge in [-0.25, -0.2) is 0 Å². The number of hydrogen-bond acceptors (Lipinski definition) is 2. The van der Waals surface area contributed by atoms with Crippen LogP contribution in [0.5, 0.6) is 0 Å². The highest BCUT2D eigenvalue weighted by molar-refractivity contribution is 5.79. The van der Waals surface area contributed by atoms with Crippen molar-refractivity contribution in [2.45, 2.75) is 71.4 Å². The molecule has 1 N–H and O–H groups in total. The van der Waals surface area contributed by atoms with Crippen molar-refractivity contribution in [3.05, 3.63) is 0 Å². The van der Waals surface area contributed by atoms with Gasteiger partial charge in [-0.3, -0.25) is 4.79 Å². The lowest BCUT2D eigenvalue weighted by Gasteiger charge is -2.35.